The van der Waals surface area contributed by atoms with Crippen LogP contribution in [0.4, 0.5) is 5.69 Å². The predicted octanol–water partition coefficient (Wildman–Crippen LogP) is 10.8. The summed E-state index contributed by atoms with van der Waals surface area (Å²) in [6.45, 7) is 8.42. The minimum Gasteiger partial charge on any atom is -0.506 e. The third kappa shape index (κ3) is 10.2. The molecule has 2 aliphatic rings. The van der Waals surface area contributed by atoms with E-state index in [2.05, 4.69) is 48.7 Å². The van der Waals surface area contributed by atoms with Gasteiger partial charge in [0.2, 0.25) is 5.78 Å². The number of thioether (sulfide) groups is 1. The van der Waals surface area contributed by atoms with E-state index in [1.165, 1.54) is 96.3 Å². The number of ether oxygens (including phenoxy) is 2. The lowest BCUT2D eigenvalue weighted by Crippen LogP contribution is -2.33. The Morgan fingerprint density at radius 2 is 1.40 bits per heavy atom. The molecule has 0 spiro atoms. The number of anilines is 1. The predicted molar refractivity (Wildman–Crippen MR) is 200 cm³/mol. The van der Waals surface area contributed by atoms with E-state index in [-0.39, 0.29) is 11.5 Å². The molecule has 0 fully saturated rings. The number of hydrogen-bond donors (Lipinski definition) is 1. The van der Waals surface area contributed by atoms with E-state index in [4.69, 9.17) is 9.47 Å². The fourth-order valence-corrected chi connectivity index (χ4v) is 7.70. The number of allylic oxidation sites excluding steroid dienone is 3. The Bertz CT molecular complexity index is 1460. The lowest BCUT2D eigenvalue weighted by molar-refractivity contribution is -0.697. The molecule has 6 nitrogen and oxygen atoms in total. The number of hydrogen-bond acceptors (Lipinski definition) is 6. The quantitative estimate of drug-likeness (QED) is 0.0761. The summed E-state index contributed by atoms with van der Waals surface area (Å²) in [5.41, 5.74) is 3.85. The van der Waals surface area contributed by atoms with E-state index in [0.29, 0.717) is 22.6 Å². The summed E-state index contributed by atoms with van der Waals surface area (Å²) >= 11 is 1.61. The first-order valence-electron chi connectivity index (χ1n) is 18.5. The van der Waals surface area contributed by atoms with Gasteiger partial charge in [-0.1, -0.05) is 109 Å². The summed E-state index contributed by atoms with van der Waals surface area (Å²) in [6, 6.07) is 6.08. The van der Waals surface area contributed by atoms with Crippen LogP contribution in [0.1, 0.15) is 128 Å². The highest BCUT2D eigenvalue weighted by Crippen LogP contribution is 2.51. The molecule has 4 rings (SSSR count). The number of aliphatic hydroxyl groups excluding tert-OH is 1. The smallest absolute Gasteiger partial charge is 0.200 e. The van der Waals surface area contributed by atoms with Gasteiger partial charge >= 0.3 is 0 Å². The van der Waals surface area contributed by atoms with Crippen molar-refractivity contribution in [1.29, 1.82) is 0 Å². The van der Waals surface area contributed by atoms with E-state index >= 15 is 0 Å². The molecule has 0 radical (unpaired) electrons. The van der Waals surface area contributed by atoms with Crippen molar-refractivity contribution in [2.45, 2.75) is 135 Å². The lowest BCUT2D eigenvalue weighted by Gasteiger charge is -2.24. The molecule has 1 aromatic heterocycles. The maximum absolute atomic E-state index is 13.4. The average Bonchev–Trinajstić information content (AvgIpc) is 3.43. The van der Waals surface area contributed by atoms with Crippen molar-refractivity contribution in [3.8, 4) is 11.5 Å². The molecule has 7 heteroatoms. The van der Waals surface area contributed by atoms with Gasteiger partial charge in [0.1, 0.15) is 12.3 Å². The monoisotopic (exact) mass is 675 g/mol. The molecule has 2 heterocycles. The Kier molecular flexibility index (Phi) is 15.5. The highest BCUT2D eigenvalue weighted by atomic mass is 32.2. The molecule has 0 saturated carbocycles. The Morgan fingerprint density at radius 1 is 0.812 bits per heavy atom. The molecule has 262 valence electrons. The van der Waals surface area contributed by atoms with Crippen molar-refractivity contribution in [3.63, 3.8) is 0 Å². The topological polar surface area (TPSA) is 62.9 Å². The van der Waals surface area contributed by atoms with E-state index in [9.17, 15) is 9.90 Å². The highest BCUT2D eigenvalue weighted by molar-refractivity contribution is 8.03. The molecule has 0 unspecified atom stereocenters. The van der Waals surface area contributed by atoms with Crippen molar-refractivity contribution in [3.05, 3.63) is 69.7 Å². The SMILES string of the molecule is CCCCCCCCCCCCN1C(=CC2=C(O)C(=Cc3cc[n+](CCCCCCCC)cc3C)C2=O)Sc2cc(OC)c(OC)cc21. The van der Waals surface area contributed by atoms with Crippen LogP contribution >= 0.6 is 11.8 Å². The molecular formula is C41H59N2O4S+. The molecule has 2 aromatic rings. The van der Waals surface area contributed by atoms with Crippen molar-refractivity contribution in [1.82, 2.24) is 0 Å². The van der Waals surface area contributed by atoms with Crippen molar-refractivity contribution in [2.24, 2.45) is 0 Å². The minimum atomic E-state index is -0.117. The number of aliphatic hydroxyl groups is 1. The van der Waals surface area contributed by atoms with Gasteiger partial charge < -0.3 is 19.5 Å². The number of methoxy groups -OCH3 is 2. The van der Waals surface area contributed by atoms with Gasteiger partial charge in [-0.3, -0.25) is 4.79 Å². The summed E-state index contributed by atoms with van der Waals surface area (Å²) in [7, 11) is 3.30. The van der Waals surface area contributed by atoms with Crippen LogP contribution < -0.4 is 18.9 Å². The molecule has 1 N–H and O–H groups in total. The molecule has 0 amide bonds. The number of unbranched alkanes of at least 4 members (excludes halogenated alkanes) is 14. The standard InChI is InChI=1S/C41H58N2O4S/c1-6-8-10-12-14-15-16-17-19-21-24-43-35-28-36(46-4)37(47-5)29-38(35)48-39(43)27-34-40(44)33(41(34)45)26-32-22-25-42(30-31(32)3)23-20-18-13-11-9-7-2/h22,25-30H,6-21,23-24H2,1-5H3/p+1. The van der Waals surface area contributed by atoms with Gasteiger partial charge in [0.15, 0.2) is 23.9 Å². The fourth-order valence-electron chi connectivity index (χ4n) is 6.56. The number of aromatic nitrogens is 1. The average molecular weight is 676 g/mol. The van der Waals surface area contributed by atoms with Crippen LogP contribution in [-0.4, -0.2) is 31.7 Å². The number of ketones is 1. The molecule has 0 saturated heterocycles. The third-order valence-electron chi connectivity index (χ3n) is 9.57. The molecule has 48 heavy (non-hydrogen) atoms. The van der Waals surface area contributed by atoms with Crippen molar-refractivity contribution in [2.75, 3.05) is 25.7 Å². The van der Waals surface area contributed by atoms with Crippen LogP contribution in [0.5, 0.6) is 11.5 Å². The van der Waals surface area contributed by atoms with Gasteiger partial charge in [-0.2, -0.15) is 0 Å². The van der Waals surface area contributed by atoms with Crippen molar-refractivity contribution >= 4 is 29.3 Å². The van der Waals surface area contributed by atoms with Gasteiger partial charge in [0.05, 0.1) is 36.1 Å². The summed E-state index contributed by atoms with van der Waals surface area (Å²) in [5, 5.41) is 12.1. The number of Topliss-reactive ketones (excluding diaryl/α,β-unsaturated/α-hetero) is 1. The van der Waals surface area contributed by atoms with Gasteiger partial charge in [-0.25, -0.2) is 4.57 Å². The summed E-state index contributed by atoms with van der Waals surface area (Å²) < 4.78 is 13.4. The maximum Gasteiger partial charge on any atom is 0.200 e. The van der Waals surface area contributed by atoms with E-state index in [0.717, 1.165) is 46.2 Å². The maximum atomic E-state index is 13.4. The molecular weight excluding hydrogens is 617 g/mol. The first-order valence-corrected chi connectivity index (χ1v) is 19.4. The molecule has 1 aromatic carbocycles. The zero-order valence-corrected chi connectivity index (χ0v) is 31.1. The molecule has 0 bridgehead atoms. The zero-order valence-electron chi connectivity index (χ0n) is 30.2. The molecule has 0 atom stereocenters. The molecule has 1 aliphatic carbocycles. The Balaban J connectivity index is 1.43. The number of rotatable bonds is 22. The van der Waals surface area contributed by atoms with Gasteiger partial charge in [-0.15, -0.1) is 0 Å². The van der Waals surface area contributed by atoms with Crippen LogP contribution in [0.25, 0.3) is 6.08 Å². The highest BCUT2D eigenvalue weighted by Gasteiger charge is 2.35. The first-order chi connectivity index (χ1) is 23.4. The van der Waals surface area contributed by atoms with Gasteiger partial charge in [0.25, 0.3) is 0 Å². The lowest BCUT2D eigenvalue weighted by atomic mass is 9.86. The summed E-state index contributed by atoms with van der Waals surface area (Å²) in [5.74, 6) is 1.32. The number of benzene rings is 1. The minimum absolute atomic E-state index is 0.0707. The number of carbonyl (C=O) groups is 1. The number of pyridine rings is 1. The number of aryl methyl sites for hydroxylation is 2. The fraction of sp³-hybridized carbons (Fsp3) is 0.561. The zero-order chi connectivity index (χ0) is 34.3. The first kappa shape index (κ1) is 37.6. The van der Waals surface area contributed by atoms with E-state index in [1.807, 2.05) is 24.3 Å². The summed E-state index contributed by atoms with van der Waals surface area (Å²) in [4.78, 5) is 16.7. The largest absolute Gasteiger partial charge is 0.506 e. The van der Waals surface area contributed by atoms with Gasteiger partial charge in [-0.05, 0) is 37.5 Å². The van der Waals surface area contributed by atoms with Crippen molar-refractivity contribution < 1.29 is 23.9 Å². The number of fused-ring (bicyclic) bond motifs is 1. The van der Waals surface area contributed by atoms with Gasteiger partial charge in [0, 0.05) is 41.6 Å². The van der Waals surface area contributed by atoms with Crippen LogP contribution in [0.3, 0.4) is 0 Å². The number of carbonyl (C=O) groups excluding carboxylic acids is 1. The summed E-state index contributed by atoms with van der Waals surface area (Å²) in [6.07, 6.45) is 28.3. The van der Waals surface area contributed by atoms with E-state index in [1.54, 1.807) is 26.0 Å². The Morgan fingerprint density at radius 3 is 1.98 bits per heavy atom. The van der Waals surface area contributed by atoms with Crippen LogP contribution in [0, 0.1) is 6.92 Å². The second kappa shape index (κ2) is 19.7. The Labute approximate surface area is 294 Å². The second-order valence-electron chi connectivity index (χ2n) is 13.3. The Hall–Kier alpha value is -3.19. The van der Waals surface area contributed by atoms with Crippen LogP contribution in [0.2, 0.25) is 0 Å². The van der Waals surface area contributed by atoms with Crippen LogP contribution in [0.15, 0.2) is 63.5 Å². The van der Waals surface area contributed by atoms with E-state index < -0.39 is 0 Å². The number of nitrogens with zero attached hydrogens (tertiary/aromatic N) is 2. The van der Waals surface area contributed by atoms with Crippen LogP contribution in [-0.2, 0) is 11.3 Å². The normalized spacial score (nSPS) is 15.9. The third-order valence-corrected chi connectivity index (χ3v) is 10.7. The molecule has 1 aliphatic heterocycles. The second-order valence-corrected chi connectivity index (χ2v) is 14.4.